The molecule has 0 unspecified atom stereocenters. The first-order chi connectivity index (χ1) is 22.6. The van der Waals surface area contributed by atoms with Gasteiger partial charge < -0.3 is 19.1 Å². The van der Waals surface area contributed by atoms with Crippen LogP contribution in [0, 0.1) is 12.1 Å². The standard InChI is InChI=1S/C43H46N4O.Pt/c1-41(2,3)28-15-17-34-35-18-16-32(26-39(35)47(38(34)23-28)40-24-29(19-20-44-40)42(4,5)6)48-33-22-30(43(7,8)9)21-31(25-33)46-27-45(10)36-13-11-12-14-37(36)46;/h11-24H,27H2,1-10H3;/q-2;+2. The van der Waals surface area contributed by atoms with Gasteiger partial charge in [-0.15, -0.1) is 41.3 Å². The molecule has 0 radical (unpaired) electrons. The third-order valence-corrected chi connectivity index (χ3v) is 9.50. The molecule has 49 heavy (non-hydrogen) atoms. The van der Waals surface area contributed by atoms with E-state index in [1.54, 1.807) is 0 Å². The summed E-state index contributed by atoms with van der Waals surface area (Å²) in [6.07, 6.45) is 1.92. The number of hydrogen-bond donors (Lipinski definition) is 0. The van der Waals surface area contributed by atoms with Gasteiger partial charge in [-0.05, 0) is 63.1 Å². The van der Waals surface area contributed by atoms with E-state index >= 15 is 0 Å². The Balaban J connectivity index is 0.00000417. The van der Waals surface area contributed by atoms with Crippen molar-refractivity contribution in [2.75, 3.05) is 23.5 Å². The summed E-state index contributed by atoms with van der Waals surface area (Å²) < 4.78 is 8.94. The van der Waals surface area contributed by atoms with E-state index in [2.05, 4.69) is 169 Å². The Hall–Kier alpha value is -4.08. The van der Waals surface area contributed by atoms with E-state index in [4.69, 9.17) is 9.72 Å². The fraction of sp³-hybridized carbons (Fsp3) is 0.326. The van der Waals surface area contributed by atoms with Crippen LogP contribution in [0.4, 0.5) is 17.1 Å². The molecule has 0 amide bonds. The maximum absolute atomic E-state index is 6.70. The van der Waals surface area contributed by atoms with Crippen molar-refractivity contribution in [3.63, 3.8) is 0 Å². The van der Waals surface area contributed by atoms with Crippen molar-refractivity contribution >= 4 is 38.9 Å². The average molecular weight is 830 g/mol. The van der Waals surface area contributed by atoms with E-state index in [1.165, 1.54) is 33.5 Å². The number of fused-ring (bicyclic) bond motifs is 4. The second kappa shape index (κ2) is 12.4. The van der Waals surface area contributed by atoms with Crippen molar-refractivity contribution in [1.82, 2.24) is 9.55 Å². The maximum Gasteiger partial charge on any atom is 2.00 e. The van der Waals surface area contributed by atoms with Gasteiger partial charge in [0, 0.05) is 30.3 Å². The van der Waals surface area contributed by atoms with Gasteiger partial charge in [-0.2, -0.15) is 6.07 Å². The van der Waals surface area contributed by atoms with Crippen LogP contribution in [0.25, 0.3) is 27.6 Å². The molecule has 4 aromatic carbocycles. The van der Waals surface area contributed by atoms with Crippen LogP contribution in [0.5, 0.6) is 11.5 Å². The molecule has 6 heteroatoms. The predicted molar refractivity (Wildman–Crippen MR) is 201 cm³/mol. The molecule has 0 N–H and O–H groups in total. The molecule has 5 nitrogen and oxygen atoms in total. The van der Waals surface area contributed by atoms with Crippen molar-refractivity contribution in [3.8, 4) is 17.3 Å². The van der Waals surface area contributed by atoms with Gasteiger partial charge in [0.2, 0.25) is 0 Å². The van der Waals surface area contributed by atoms with Crippen molar-refractivity contribution in [1.29, 1.82) is 0 Å². The molecular weight excluding hydrogens is 784 g/mol. The van der Waals surface area contributed by atoms with Gasteiger partial charge >= 0.3 is 21.1 Å². The number of nitrogens with zero attached hydrogens (tertiary/aromatic N) is 4. The van der Waals surface area contributed by atoms with Gasteiger partial charge in [-0.1, -0.05) is 97.8 Å². The Labute approximate surface area is 306 Å². The van der Waals surface area contributed by atoms with Crippen LogP contribution in [0.3, 0.4) is 0 Å². The van der Waals surface area contributed by atoms with E-state index in [0.29, 0.717) is 11.5 Å². The van der Waals surface area contributed by atoms with Crippen LogP contribution in [-0.2, 0) is 37.3 Å². The molecule has 0 saturated heterocycles. The van der Waals surface area contributed by atoms with Gasteiger partial charge in [-0.3, -0.25) is 0 Å². The molecule has 6 aromatic rings. The zero-order chi connectivity index (χ0) is 34.2. The topological polar surface area (TPSA) is 33.5 Å². The first-order valence-corrected chi connectivity index (χ1v) is 16.9. The van der Waals surface area contributed by atoms with Crippen LogP contribution in [0.15, 0.2) is 85.1 Å². The Morgan fingerprint density at radius 3 is 2.00 bits per heavy atom. The van der Waals surface area contributed by atoms with E-state index in [9.17, 15) is 0 Å². The minimum atomic E-state index is -0.0816. The Bertz CT molecular complexity index is 2180. The average Bonchev–Trinajstić information content (AvgIpc) is 3.53. The third kappa shape index (κ3) is 6.51. The molecule has 0 aliphatic carbocycles. The molecule has 0 bridgehead atoms. The summed E-state index contributed by atoms with van der Waals surface area (Å²) in [5.74, 6) is 2.19. The largest absolute Gasteiger partial charge is 2.00 e. The number of ether oxygens (including phenoxy) is 1. The molecule has 1 aliphatic rings. The fourth-order valence-corrected chi connectivity index (χ4v) is 6.56. The molecule has 0 saturated carbocycles. The van der Waals surface area contributed by atoms with Crippen molar-refractivity contribution < 1.29 is 25.8 Å². The van der Waals surface area contributed by atoms with Crippen molar-refractivity contribution in [3.05, 3.63) is 114 Å². The second-order valence-corrected chi connectivity index (χ2v) is 16.3. The number of anilines is 3. The fourth-order valence-electron chi connectivity index (χ4n) is 6.56. The van der Waals surface area contributed by atoms with E-state index < -0.39 is 0 Å². The maximum atomic E-state index is 6.70. The smallest absolute Gasteiger partial charge is 0.509 e. The van der Waals surface area contributed by atoms with Crippen LogP contribution in [0.2, 0.25) is 0 Å². The predicted octanol–water partition coefficient (Wildman–Crippen LogP) is 11.0. The third-order valence-electron chi connectivity index (χ3n) is 9.50. The van der Waals surface area contributed by atoms with Crippen LogP contribution >= 0.6 is 0 Å². The number of aromatic nitrogens is 2. The first-order valence-electron chi connectivity index (χ1n) is 16.9. The van der Waals surface area contributed by atoms with Crippen LogP contribution in [-0.4, -0.2) is 23.3 Å². The van der Waals surface area contributed by atoms with Crippen molar-refractivity contribution in [2.24, 2.45) is 0 Å². The minimum absolute atomic E-state index is 0. The molecular formula is C43H46N4OPt. The number of para-hydroxylation sites is 2. The summed E-state index contributed by atoms with van der Waals surface area (Å²) in [6.45, 7) is 20.9. The van der Waals surface area contributed by atoms with E-state index in [1.807, 2.05) is 12.3 Å². The zero-order valence-corrected chi connectivity index (χ0v) is 32.6. The van der Waals surface area contributed by atoms with Gasteiger partial charge in [0.15, 0.2) is 0 Å². The molecule has 2 aromatic heterocycles. The quantitative estimate of drug-likeness (QED) is 0.166. The Kier molecular flexibility index (Phi) is 8.77. The van der Waals surface area contributed by atoms with E-state index in [0.717, 1.165) is 34.6 Å². The van der Waals surface area contributed by atoms with E-state index in [-0.39, 0.29) is 37.3 Å². The molecule has 1 aliphatic heterocycles. The Morgan fingerprint density at radius 2 is 1.31 bits per heavy atom. The van der Waals surface area contributed by atoms with Gasteiger partial charge in [-0.25, -0.2) is 4.98 Å². The van der Waals surface area contributed by atoms with Gasteiger partial charge in [0.1, 0.15) is 5.82 Å². The normalized spacial score (nSPS) is 13.6. The number of hydrogen-bond acceptors (Lipinski definition) is 4. The second-order valence-electron chi connectivity index (χ2n) is 16.3. The monoisotopic (exact) mass is 829 g/mol. The summed E-state index contributed by atoms with van der Waals surface area (Å²) in [4.78, 5) is 9.48. The summed E-state index contributed by atoms with van der Waals surface area (Å²) in [7, 11) is 2.13. The number of rotatable bonds is 4. The number of pyridine rings is 1. The van der Waals surface area contributed by atoms with Gasteiger partial charge in [0.05, 0.1) is 18.0 Å². The summed E-state index contributed by atoms with van der Waals surface area (Å²) in [6, 6.07) is 35.5. The summed E-state index contributed by atoms with van der Waals surface area (Å²) in [5.41, 5.74) is 9.03. The molecule has 254 valence electrons. The summed E-state index contributed by atoms with van der Waals surface area (Å²) >= 11 is 0. The van der Waals surface area contributed by atoms with Crippen LogP contribution < -0.4 is 14.5 Å². The molecule has 0 atom stereocenters. The minimum Gasteiger partial charge on any atom is -0.509 e. The van der Waals surface area contributed by atoms with Gasteiger partial charge in [0.25, 0.3) is 0 Å². The molecule has 0 fully saturated rings. The Morgan fingerprint density at radius 1 is 0.653 bits per heavy atom. The van der Waals surface area contributed by atoms with Crippen LogP contribution in [0.1, 0.15) is 79.0 Å². The zero-order valence-electron chi connectivity index (χ0n) is 30.3. The molecule has 0 spiro atoms. The SMILES string of the molecule is CN1CN(c2[c-]c(Oc3[c-]c4c(cc3)c3ccc(C(C)(C)C)cc3n4-c3cc(C(C)(C)C)ccn3)cc(C(C)(C)C)c2)c2ccccc21.[Pt+2]. The van der Waals surface area contributed by atoms with Crippen molar-refractivity contribution in [2.45, 2.75) is 78.6 Å². The molecule has 3 heterocycles. The summed E-state index contributed by atoms with van der Waals surface area (Å²) in [5, 5.41) is 2.29. The number of benzene rings is 4. The molecule has 7 rings (SSSR count). The first kappa shape index (κ1) is 34.8.